The Kier molecular flexibility index (Phi) is 5.24. The molecule has 1 aromatic heterocycles. The van der Waals surface area contributed by atoms with Crippen LogP contribution in [0.15, 0.2) is 22.3 Å². The SMILES string of the molecule is CC(=O)OC1c2c(C)coc2CC2CCC(OC(=O)C=C(C)C)C(C)C21C. The molecule has 2 aliphatic rings. The van der Waals surface area contributed by atoms with Crippen molar-refractivity contribution in [1.29, 1.82) is 0 Å². The van der Waals surface area contributed by atoms with Crippen molar-refractivity contribution in [2.75, 3.05) is 0 Å². The summed E-state index contributed by atoms with van der Waals surface area (Å²) >= 11 is 0. The lowest BCUT2D eigenvalue weighted by molar-refractivity contribution is -0.184. The molecule has 0 aromatic carbocycles. The fourth-order valence-corrected chi connectivity index (χ4v) is 4.96. The highest BCUT2D eigenvalue weighted by molar-refractivity contribution is 5.82. The molecule has 1 saturated carbocycles. The fraction of sp³-hybridized carbons (Fsp3) is 0.636. The summed E-state index contributed by atoms with van der Waals surface area (Å²) in [6, 6.07) is 0. The summed E-state index contributed by atoms with van der Waals surface area (Å²) in [7, 11) is 0. The van der Waals surface area contributed by atoms with Gasteiger partial charge in [-0.2, -0.15) is 0 Å². The lowest BCUT2D eigenvalue weighted by Crippen LogP contribution is -2.53. The summed E-state index contributed by atoms with van der Waals surface area (Å²) in [5.74, 6) is 0.692. The lowest BCUT2D eigenvalue weighted by Gasteiger charge is -2.54. The summed E-state index contributed by atoms with van der Waals surface area (Å²) in [5.41, 5.74) is 2.60. The zero-order chi connectivity index (χ0) is 19.9. The Balaban J connectivity index is 1.96. The van der Waals surface area contributed by atoms with Crippen molar-refractivity contribution in [3.8, 4) is 0 Å². The maximum absolute atomic E-state index is 12.2. The summed E-state index contributed by atoms with van der Waals surface area (Å²) in [6.45, 7) is 11.5. The molecule has 27 heavy (non-hydrogen) atoms. The smallest absolute Gasteiger partial charge is 0.330 e. The second-order valence-corrected chi connectivity index (χ2v) is 8.58. The predicted octanol–water partition coefficient (Wildman–Crippen LogP) is 4.68. The Morgan fingerprint density at radius 1 is 1.22 bits per heavy atom. The van der Waals surface area contributed by atoms with E-state index in [0.717, 1.165) is 41.7 Å². The van der Waals surface area contributed by atoms with Gasteiger partial charge in [0.15, 0.2) is 0 Å². The van der Waals surface area contributed by atoms with Crippen LogP contribution >= 0.6 is 0 Å². The summed E-state index contributed by atoms with van der Waals surface area (Å²) in [5, 5.41) is 0. The average molecular weight is 374 g/mol. The molecule has 148 valence electrons. The minimum Gasteiger partial charge on any atom is -0.469 e. The first-order valence-electron chi connectivity index (χ1n) is 9.74. The molecule has 0 amide bonds. The molecule has 0 radical (unpaired) electrons. The third-order valence-electron chi connectivity index (χ3n) is 6.54. The molecule has 1 aromatic rings. The Labute approximate surface area is 161 Å². The van der Waals surface area contributed by atoms with Crippen LogP contribution in [0.4, 0.5) is 0 Å². The molecular weight excluding hydrogens is 344 g/mol. The van der Waals surface area contributed by atoms with Gasteiger partial charge in [0.1, 0.15) is 18.0 Å². The lowest BCUT2D eigenvalue weighted by atomic mass is 9.53. The molecule has 1 fully saturated rings. The van der Waals surface area contributed by atoms with Crippen LogP contribution in [0.25, 0.3) is 0 Å². The van der Waals surface area contributed by atoms with Crippen molar-refractivity contribution in [2.45, 2.75) is 73.0 Å². The maximum Gasteiger partial charge on any atom is 0.330 e. The molecule has 0 saturated heterocycles. The molecule has 2 aliphatic carbocycles. The van der Waals surface area contributed by atoms with Crippen molar-refractivity contribution >= 4 is 11.9 Å². The van der Waals surface area contributed by atoms with Gasteiger partial charge >= 0.3 is 11.9 Å². The minimum atomic E-state index is -0.387. The number of ether oxygens (including phenoxy) is 2. The second kappa shape index (κ2) is 7.17. The van der Waals surface area contributed by atoms with Gasteiger partial charge in [-0.1, -0.05) is 19.4 Å². The van der Waals surface area contributed by atoms with Gasteiger partial charge in [0.25, 0.3) is 0 Å². The van der Waals surface area contributed by atoms with Crippen LogP contribution in [-0.4, -0.2) is 18.0 Å². The number of rotatable bonds is 3. The van der Waals surface area contributed by atoms with Crippen molar-refractivity contribution < 1.29 is 23.5 Å². The largest absolute Gasteiger partial charge is 0.469 e. The second-order valence-electron chi connectivity index (χ2n) is 8.58. The Morgan fingerprint density at radius 3 is 2.56 bits per heavy atom. The zero-order valence-electron chi connectivity index (χ0n) is 17.1. The van der Waals surface area contributed by atoms with Crippen LogP contribution in [0.5, 0.6) is 0 Å². The van der Waals surface area contributed by atoms with E-state index in [-0.39, 0.29) is 35.5 Å². The van der Waals surface area contributed by atoms with Gasteiger partial charge in [-0.05, 0) is 45.1 Å². The molecule has 1 heterocycles. The summed E-state index contributed by atoms with van der Waals surface area (Å²) in [4.78, 5) is 24.1. The number of hydrogen-bond donors (Lipinski definition) is 0. The van der Waals surface area contributed by atoms with Gasteiger partial charge < -0.3 is 13.9 Å². The van der Waals surface area contributed by atoms with Gasteiger partial charge in [-0.25, -0.2) is 4.79 Å². The summed E-state index contributed by atoms with van der Waals surface area (Å²) < 4.78 is 17.4. The van der Waals surface area contributed by atoms with Gasteiger partial charge in [0, 0.05) is 36.3 Å². The van der Waals surface area contributed by atoms with Gasteiger partial charge in [0.05, 0.1) is 6.26 Å². The molecular formula is C22H30O5. The fourth-order valence-electron chi connectivity index (χ4n) is 4.96. The molecule has 3 rings (SSSR count). The molecule has 5 nitrogen and oxygen atoms in total. The van der Waals surface area contributed by atoms with Crippen LogP contribution in [0.3, 0.4) is 0 Å². The predicted molar refractivity (Wildman–Crippen MR) is 101 cm³/mol. The maximum atomic E-state index is 12.2. The molecule has 5 heteroatoms. The number of aryl methyl sites for hydroxylation is 1. The quantitative estimate of drug-likeness (QED) is 0.568. The highest BCUT2D eigenvalue weighted by Crippen LogP contribution is 2.59. The number of esters is 2. The van der Waals surface area contributed by atoms with Crippen LogP contribution in [0, 0.1) is 24.2 Å². The zero-order valence-corrected chi connectivity index (χ0v) is 17.1. The van der Waals surface area contributed by atoms with E-state index in [2.05, 4.69) is 13.8 Å². The topological polar surface area (TPSA) is 65.7 Å². The third kappa shape index (κ3) is 3.44. The first-order chi connectivity index (χ1) is 12.6. The monoisotopic (exact) mass is 374 g/mol. The van der Waals surface area contributed by atoms with E-state index in [1.54, 1.807) is 6.26 Å². The number of carbonyl (C=O) groups excluding carboxylic acids is 2. The molecule has 0 bridgehead atoms. The van der Waals surface area contributed by atoms with E-state index in [9.17, 15) is 9.59 Å². The number of hydrogen-bond acceptors (Lipinski definition) is 5. The standard InChI is InChI=1S/C22H30O5/c1-12(2)9-19(24)27-17-8-7-16-10-18-20(13(3)11-25-18)21(26-15(5)23)22(16,6)14(17)4/h9,11,14,16-17,21H,7-8,10H2,1-6H3. The van der Waals surface area contributed by atoms with Gasteiger partial charge in [0.2, 0.25) is 0 Å². The van der Waals surface area contributed by atoms with E-state index in [4.69, 9.17) is 13.9 Å². The van der Waals surface area contributed by atoms with E-state index in [1.165, 1.54) is 13.0 Å². The van der Waals surface area contributed by atoms with Crippen molar-refractivity contribution in [1.82, 2.24) is 0 Å². The molecule has 5 unspecified atom stereocenters. The highest BCUT2D eigenvalue weighted by Gasteiger charge is 2.57. The molecule has 0 aliphatic heterocycles. The van der Waals surface area contributed by atoms with E-state index in [0.29, 0.717) is 5.92 Å². The first-order valence-corrected chi connectivity index (χ1v) is 9.74. The Bertz CT molecular complexity index is 770. The van der Waals surface area contributed by atoms with Gasteiger partial charge in [-0.15, -0.1) is 0 Å². The van der Waals surface area contributed by atoms with Crippen LogP contribution < -0.4 is 0 Å². The number of fused-ring (bicyclic) bond motifs is 2. The van der Waals surface area contributed by atoms with Gasteiger partial charge in [-0.3, -0.25) is 4.79 Å². The third-order valence-corrected chi connectivity index (χ3v) is 6.54. The number of carbonyl (C=O) groups is 2. The van der Waals surface area contributed by atoms with E-state index in [1.807, 2.05) is 20.8 Å². The Hall–Kier alpha value is -2.04. The van der Waals surface area contributed by atoms with Crippen LogP contribution in [0.1, 0.15) is 70.5 Å². The van der Waals surface area contributed by atoms with Crippen LogP contribution in [0.2, 0.25) is 0 Å². The van der Waals surface area contributed by atoms with Crippen molar-refractivity contribution in [3.05, 3.63) is 34.8 Å². The molecule has 0 N–H and O–H groups in total. The summed E-state index contributed by atoms with van der Waals surface area (Å²) in [6.07, 6.45) is 5.25. The minimum absolute atomic E-state index is 0.0533. The first kappa shape index (κ1) is 19.7. The van der Waals surface area contributed by atoms with E-state index >= 15 is 0 Å². The number of furan rings is 1. The van der Waals surface area contributed by atoms with E-state index < -0.39 is 0 Å². The normalized spacial score (nSPS) is 32.1. The van der Waals surface area contributed by atoms with Crippen molar-refractivity contribution in [3.63, 3.8) is 0 Å². The van der Waals surface area contributed by atoms with Crippen molar-refractivity contribution in [2.24, 2.45) is 17.3 Å². The Morgan fingerprint density at radius 2 is 1.93 bits per heavy atom. The average Bonchev–Trinajstić information content (AvgIpc) is 2.92. The van der Waals surface area contributed by atoms with Crippen LogP contribution in [-0.2, 0) is 25.5 Å². The highest BCUT2D eigenvalue weighted by atomic mass is 16.6. The molecule has 5 atom stereocenters. The number of allylic oxidation sites excluding steroid dienone is 1. The molecule has 0 spiro atoms.